The van der Waals surface area contributed by atoms with Crippen LogP contribution in [0.1, 0.15) is 0 Å². The van der Waals surface area contributed by atoms with E-state index < -0.39 is 8.07 Å². The van der Waals surface area contributed by atoms with Gasteiger partial charge in [0.05, 0.1) is 34.4 Å². The molecule has 14 rings (SSSR count). The summed E-state index contributed by atoms with van der Waals surface area (Å²) in [5, 5.41) is 11.9. The van der Waals surface area contributed by atoms with Crippen molar-refractivity contribution in [3.8, 4) is 22.5 Å². The largest absolute Gasteiger partial charge is 0.455 e. The summed E-state index contributed by atoms with van der Waals surface area (Å²) in [6, 6.07) is 58.4. The van der Waals surface area contributed by atoms with Gasteiger partial charge in [-0.2, -0.15) is 0 Å². The van der Waals surface area contributed by atoms with Crippen LogP contribution in [0.5, 0.6) is 0 Å². The first-order valence-corrected chi connectivity index (χ1v) is 23.5. The van der Waals surface area contributed by atoms with E-state index >= 15 is 0 Å². The number of furan rings is 4. The van der Waals surface area contributed by atoms with Crippen molar-refractivity contribution in [2.45, 2.75) is 0 Å². The lowest BCUT2D eigenvalue weighted by molar-refractivity contribution is 0.666. The Morgan fingerprint density at radius 2 is 0.723 bits per heavy atom. The molecule has 0 amide bonds. The number of para-hydroxylation sites is 2. The number of fused-ring (bicyclic) bond motifs is 12. The summed E-state index contributed by atoms with van der Waals surface area (Å²) in [5.74, 6) is 0. The molecule has 14 aromatic rings. The van der Waals surface area contributed by atoms with Gasteiger partial charge in [-0.25, -0.2) is 0 Å². The van der Waals surface area contributed by atoms with Crippen molar-refractivity contribution in [3.05, 3.63) is 195 Å². The van der Waals surface area contributed by atoms with Gasteiger partial charge in [0.2, 0.25) is 8.07 Å². The van der Waals surface area contributed by atoms with Crippen LogP contribution in [-0.2, 0) is 0 Å². The third-order valence-electron chi connectivity index (χ3n) is 13.0. The first-order valence-electron chi connectivity index (χ1n) is 21.5. The summed E-state index contributed by atoms with van der Waals surface area (Å²) in [7, 11) is -3.46. The van der Waals surface area contributed by atoms with Crippen molar-refractivity contribution in [1.82, 2.24) is 19.9 Å². The monoisotopic (exact) mass is 852 g/mol. The fourth-order valence-electron chi connectivity index (χ4n) is 10.0. The lowest BCUT2D eigenvalue weighted by Crippen LogP contribution is -2.76. The molecule has 0 aliphatic carbocycles. The minimum absolute atomic E-state index is 0.716. The molecule has 0 saturated heterocycles. The Morgan fingerprint density at radius 1 is 0.308 bits per heavy atom. The zero-order valence-corrected chi connectivity index (χ0v) is 35.4. The molecule has 0 spiro atoms. The highest BCUT2D eigenvalue weighted by Crippen LogP contribution is 2.37. The van der Waals surface area contributed by atoms with E-state index in [-0.39, 0.29) is 0 Å². The van der Waals surface area contributed by atoms with Crippen molar-refractivity contribution in [3.63, 3.8) is 0 Å². The van der Waals surface area contributed by atoms with Gasteiger partial charge in [0.15, 0.2) is 22.3 Å². The molecule has 8 nitrogen and oxygen atoms in total. The lowest BCUT2D eigenvalue weighted by Gasteiger charge is -2.31. The molecule has 0 aliphatic rings. The average Bonchev–Trinajstić information content (AvgIpc) is 4.15. The van der Waals surface area contributed by atoms with E-state index in [1.165, 1.54) is 0 Å². The van der Waals surface area contributed by atoms with Gasteiger partial charge in [-0.15, -0.1) is 0 Å². The topological polar surface area (TPSA) is 104 Å². The van der Waals surface area contributed by atoms with E-state index in [1.807, 2.05) is 73.3 Å². The molecule has 9 heteroatoms. The third kappa shape index (κ3) is 5.24. The Balaban J connectivity index is 0.993. The van der Waals surface area contributed by atoms with E-state index in [2.05, 4.69) is 121 Å². The van der Waals surface area contributed by atoms with Crippen LogP contribution in [0.15, 0.2) is 212 Å². The van der Waals surface area contributed by atoms with Crippen LogP contribution >= 0.6 is 0 Å². The maximum Gasteiger partial charge on any atom is 0.233 e. The van der Waals surface area contributed by atoms with E-state index in [1.54, 1.807) is 0 Å². The van der Waals surface area contributed by atoms with Crippen molar-refractivity contribution >= 4 is 117 Å². The number of aromatic nitrogens is 4. The van der Waals surface area contributed by atoms with E-state index in [4.69, 9.17) is 37.6 Å². The smallest absolute Gasteiger partial charge is 0.233 e. The molecule has 8 aromatic heterocycles. The van der Waals surface area contributed by atoms with Crippen LogP contribution in [0.3, 0.4) is 0 Å². The van der Waals surface area contributed by atoms with Gasteiger partial charge in [0.25, 0.3) is 0 Å². The van der Waals surface area contributed by atoms with Crippen LogP contribution < -0.4 is 21.0 Å². The SMILES string of the molecule is c1ccc([Si](c2ccccc2)(c2nccc3c2oc2ccc(-c4cc5c(cn4)oc4ccccc45)cc23)c2nccc3c2oc2ccc(-c4cc5c(cn4)oc4ccccc45)cc23)cc1. The molecule has 0 atom stereocenters. The average molecular weight is 853 g/mol. The molecule has 0 radical (unpaired) electrons. The van der Waals surface area contributed by atoms with Gasteiger partial charge < -0.3 is 17.7 Å². The Kier molecular flexibility index (Phi) is 7.54. The van der Waals surface area contributed by atoms with E-state index in [0.29, 0.717) is 11.2 Å². The van der Waals surface area contributed by atoms with Crippen LogP contribution in [0, 0.1) is 0 Å². The fraction of sp³-hybridized carbons (Fsp3) is 0. The summed E-state index contributed by atoms with van der Waals surface area (Å²) in [4.78, 5) is 20.4. The summed E-state index contributed by atoms with van der Waals surface area (Å²) in [5.41, 5.74) is 9.80. The Morgan fingerprint density at radius 3 is 1.20 bits per heavy atom. The van der Waals surface area contributed by atoms with Crippen molar-refractivity contribution in [2.24, 2.45) is 0 Å². The number of nitrogens with zero attached hydrogens (tertiary/aromatic N) is 4. The fourth-order valence-corrected chi connectivity index (χ4v) is 14.7. The van der Waals surface area contributed by atoms with Crippen molar-refractivity contribution in [2.75, 3.05) is 0 Å². The normalized spacial score (nSPS) is 12.3. The van der Waals surface area contributed by atoms with Gasteiger partial charge >= 0.3 is 0 Å². The van der Waals surface area contributed by atoms with Gasteiger partial charge in [0.1, 0.15) is 22.3 Å². The predicted molar refractivity (Wildman–Crippen MR) is 261 cm³/mol. The Hall–Kier alpha value is -8.66. The number of pyridine rings is 4. The number of benzene rings is 6. The number of hydrogen-bond acceptors (Lipinski definition) is 8. The molecule has 0 fully saturated rings. The maximum atomic E-state index is 7.01. The van der Waals surface area contributed by atoms with Crippen molar-refractivity contribution < 1.29 is 17.7 Å². The summed E-state index contributed by atoms with van der Waals surface area (Å²) in [6.07, 6.45) is 7.45. The standard InChI is InChI=1S/C56H32N4O4Si/c1-3-11-35(12-4-1)65(36-13-5-2-6-14-36,55-53-39(23-25-57-55)41-27-33(19-21-49(41)63-53)45-29-43-37-15-7-9-17-47(37)61-51(43)31-59-45)56-54-40(24-26-58-56)42-28-34(20-22-50(42)64-54)46-30-44-38-16-8-10-18-48(38)62-52(44)32-60-46/h1-32H. The lowest BCUT2D eigenvalue weighted by atomic mass is 10.1. The molecule has 65 heavy (non-hydrogen) atoms. The third-order valence-corrected chi connectivity index (χ3v) is 17.5. The second-order valence-corrected chi connectivity index (χ2v) is 20.1. The molecule has 0 saturated carbocycles. The summed E-state index contributed by atoms with van der Waals surface area (Å²) >= 11 is 0. The molecular formula is C56H32N4O4Si. The molecule has 304 valence electrons. The van der Waals surface area contributed by atoms with Gasteiger partial charge in [-0.05, 0) is 83.2 Å². The zero-order valence-electron chi connectivity index (χ0n) is 34.4. The Labute approximate surface area is 370 Å². The second-order valence-electron chi connectivity index (χ2n) is 16.5. The maximum absolute atomic E-state index is 7.01. The van der Waals surface area contributed by atoms with Crippen molar-refractivity contribution in [1.29, 1.82) is 0 Å². The summed E-state index contributed by atoms with van der Waals surface area (Å²) < 4.78 is 26.2. The minimum atomic E-state index is -3.46. The zero-order chi connectivity index (χ0) is 42.6. The molecule has 6 aromatic carbocycles. The summed E-state index contributed by atoms with van der Waals surface area (Å²) in [6.45, 7) is 0. The highest BCUT2D eigenvalue weighted by molar-refractivity contribution is 7.20. The quantitative estimate of drug-likeness (QED) is 0.152. The molecule has 0 bridgehead atoms. The number of rotatable bonds is 6. The predicted octanol–water partition coefficient (Wildman–Crippen LogP) is 11.6. The van der Waals surface area contributed by atoms with Crippen LogP contribution in [0.2, 0.25) is 0 Å². The van der Waals surface area contributed by atoms with Gasteiger partial charge in [-0.3, -0.25) is 19.9 Å². The molecule has 0 aliphatic heterocycles. The molecular weight excluding hydrogens is 821 g/mol. The van der Waals surface area contributed by atoms with Crippen LogP contribution in [0.25, 0.3) is 110 Å². The molecule has 8 heterocycles. The number of hydrogen-bond donors (Lipinski definition) is 0. The van der Waals surface area contributed by atoms with E-state index in [9.17, 15) is 0 Å². The van der Waals surface area contributed by atoms with Crippen LogP contribution in [-0.4, -0.2) is 28.0 Å². The Bertz CT molecular complexity index is 3940. The molecule has 0 unspecified atom stereocenters. The second kappa shape index (κ2) is 13.7. The minimum Gasteiger partial charge on any atom is -0.455 e. The first-order chi connectivity index (χ1) is 32.2. The highest BCUT2D eigenvalue weighted by Gasteiger charge is 2.49. The first kappa shape index (κ1) is 35.9. The van der Waals surface area contributed by atoms with Gasteiger partial charge in [0, 0.05) is 66.6 Å². The molecule has 0 N–H and O–H groups in total. The van der Waals surface area contributed by atoms with Crippen LogP contribution in [0.4, 0.5) is 0 Å². The van der Waals surface area contributed by atoms with E-state index in [0.717, 1.165) is 120 Å². The van der Waals surface area contributed by atoms with Gasteiger partial charge in [-0.1, -0.05) is 97.1 Å². The highest BCUT2D eigenvalue weighted by atomic mass is 28.3.